The molecule has 2 aromatic carbocycles. The molecule has 21 heavy (non-hydrogen) atoms. The van der Waals surface area contributed by atoms with E-state index in [4.69, 9.17) is 0 Å². The molecule has 1 N–H and O–H groups in total. The molecule has 1 heterocycles. The Hall–Kier alpha value is -1.64. The van der Waals surface area contributed by atoms with Crippen LogP contribution in [0, 0.1) is 6.92 Å². The summed E-state index contributed by atoms with van der Waals surface area (Å²) in [6.45, 7) is 5.21. The van der Waals surface area contributed by atoms with Crippen molar-refractivity contribution >= 4 is 0 Å². The smallest absolute Gasteiger partial charge is 0.0363 e. The van der Waals surface area contributed by atoms with E-state index in [9.17, 15) is 0 Å². The zero-order chi connectivity index (χ0) is 14.7. The third-order valence-electron chi connectivity index (χ3n) is 4.41. The molecule has 2 nitrogen and oxygen atoms in total. The number of hydrogen-bond donors (Lipinski definition) is 1. The van der Waals surface area contributed by atoms with Crippen LogP contribution in [0.1, 0.15) is 34.7 Å². The standard InChI is InChI=1S/C19H24N2/c1-15-7-9-16(10-8-15)14-21(2)19-11-12-20-13-17-5-3-4-6-18(17)19/h3-10,19-20H,11-14H2,1-2H3. The molecule has 0 spiro atoms. The topological polar surface area (TPSA) is 15.3 Å². The van der Waals surface area contributed by atoms with E-state index in [2.05, 4.69) is 72.7 Å². The van der Waals surface area contributed by atoms with Crippen molar-refractivity contribution in [1.82, 2.24) is 10.2 Å². The first-order valence-electron chi connectivity index (χ1n) is 7.78. The molecule has 0 aliphatic carbocycles. The van der Waals surface area contributed by atoms with Gasteiger partial charge in [-0.2, -0.15) is 0 Å². The number of hydrogen-bond acceptors (Lipinski definition) is 2. The summed E-state index contributed by atoms with van der Waals surface area (Å²) < 4.78 is 0. The van der Waals surface area contributed by atoms with Gasteiger partial charge in [-0.3, -0.25) is 4.90 Å². The van der Waals surface area contributed by atoms with E-state index < -0.39 is 0 Å². The van der Waals surface area contributed by atoms with Gasteiger partial charge in [-0.05, 0) is 43.6 Å². The Kier molecular flexibility index (Phi) is 4.37. The van der Waals surface area contributed by atoms with Crippen LogP contribution < -0.4 is 5.32 Å². The summed E-state index contributed by atoms with van der Waals surface area (Å²) in [5.74, 6) is 0. The highest BCUT2D eigenvalue weighted by molar-refractivity contribution is 5.31. The summed E-state index contributed by atoms with van der Waals surface area (Å²) in [4.78, 5) is 2.48. The Morgan fingerprint density at radius 1 is 1.10 bits per heavy atom. The van der Waals surface area contributed by atoms with Crippen LogP contribution in [0.5, 0.6) is 0 Å². The van der Waals surface area contributed by atoms with Gasteiger partial charge < -0.3 is 5.32 Å². The Morgan fingerprint density at radius 2 is 1.86 bits per heavy atom. The molecule has 0 aromatic heterocycles. The molecule has 3 rings (SSSR count). The number of benzene rings is 2. The van der Waals surface area contributed by atoms with Gasteiger partial charge in [0.05, 0.1) is 0 Å². The van der Waals surface area contributed by atoms with Crippen LogP contribution >= 0.6 is 0 Å². The molecule has 1 aliphatic heterocycles. The molecular weight excluding hydrogens is 256 g/mol. The molecule has 1 atom stereocenters. The molecule has 0 bridgehead atoms. The highest BCUT2D eigenvalue weighted by Crippen LogP contribution is 2.29. The van der Waals surface area contributed by atoms with E-state index in [1.165, 1.54) is 28.7 Å². The molecule has 110 valence electrons. The average molecular weight is 280 g/mol. The summed E-state index contributed by atoms with van der Waals surface area (Å²) in [6, 6.07) is 18.2. The normalized spacial score (nSPS) is 18.3. The average Bonchev–Trinajstić information content (AvgIpc) is 2.72. The van der Waals surface area contributed by atoms with E-state index in [0.717, 1.165) is 19.6 Å². The van der Waals surface area contributed by atoms with E-state index >= 15 is 0 Å². The minimum absolute atomic E-state index is 0.498. The van der Waals surface area contributed by atoms with Gasteiger partial charge in [0.25, 0.3) is 0 Å². The predicted octanol–water partition coefficient (Wildman–Crippen LogP) is 3.66. The summed E-state index contributed by atoms with van der Waals surface area (Å²) >= 11 is 0. The second-order valence-corrected chi connectivity index (χ2v) is 6.08. The summed E-state index contributed by atoms with van der Waals surface area (Å²) in [7, 11) is 2.24. The minimum atomic E-state index is 0.498. The molecule has 0 fully saturated rings. The van der Waals surface area contributed by atoms with E-state index in [1.54, 1.807) is 0 Å². The minimum Gasteiger partial charge on any atom is -0.313 e. The Balaban J connectivity index is 1.80. The van der Waals surface area contributed by atoms with Crippen molar-refractivity contribution in [3.05, 3.63) is 70.8 Å². The second kappa shape index (κ2) is 6.42. The number of fused-ring (bicyclic) bond motifs is 1. The lowest BCUT2D eigenvalue weighted by molar-refractivity contribution is 0.226. The van der Waals surface area contributed by atoms with Crippen LogP contribution in [0.4, 0.5) is 0 Å². The Morgan fingerprint density at radius 3 is 2.67 bits per heavy atom. The van der Waals surface area contributed by atoms with Gasteiger partial charge >= 0.3 is 0 Å². The van der Waals surface area contributed by atoms with Gasteiger partial charge in [0.1, 0.15) is 0 Å². The molecule has 2 aromatic rings. The lowest BCUT2D eigenvalue weighted by Gasteiger charge is -2.28. The first-order valence-corrected chi connectivity index (χ1v) is 7.78. The van der Waals surface area contributed by atoms with E-state index in [-0.39, 0.29) is 0 Å². The van der Waals surface area contributed by atoms with Crippen molar-refractivity contribution < 1.29 is 0 Å². The monoisotopic (exact) mass is 280 g/mol. The zero-order valence-electron chi connectivity index (χ0n) is 13.0. The fourth-order valence-electron chi connectivity index (χ4n) is 3.19. The van der Waals surface area contributed by atoms with Crippen LogP contribution in [0.25, 0.3) is 0 Å². The van der Waals surface area contributed by atoms with E-state index in [0.29, 0.717) is 6.04 Å². The SMILES string of the molecule is Cc1ccc(CN(C)C2CCNCc3ccccc32)cc1. The van der Waals surface area contributed by atoms with Crippen molar-refractivity contribution in [2.75, 3.05) is 13.6 Å². The number of rotatable bonds is 3. The molecule has 2 heteroatoms. The van der Waals surface area contributed by atoms with Crippen LogP contribution in [-0.2, 0) is 13.1 Å². The van der Waals surface area contributed by atoms with Crippen molar-refractivity contribution in [2.45, 2.75) is 32.5 Å². The Labute approximate surface area is 127 Å². The third kappa shape index (κ3) is 3.34. The first kappa shape index (κ1) is 14.3. The lowest BCUT2D eigenvalue weighted by atomic mass is 9.98. The molecule has 1 unspecified atom stereocenters. The van der Waals surface area contributed by atoms with Gasteiger partial charge in [0.2, 0.25) is 0 Å². The van der Waals surface area contributed by atoms with Crippen LogP contribution in [-0.4, -0.2) is 18.5 Å². The lowest BCUT2D eigenvalue weighted by Crippen LogP contribution is -2.25. The molecular formula is C19H24N2. The number of aryl methyl sites for hydroxylation is 1. The maximum absolute atomic E-state index is 3.53. The van der Waals surface area contributed by atoms with Crippen molar-refractivity contribution in [3.63, 3.8) is 0 Å². The molecule has 1 aliphatic rings. The fourth-order valence-corrected chi connectivity index (χ4v) is 3.19. The first-order chi connectivity index (χ1) is 10.2. The van der Waals surface area contributed by atoms with Crippen molar-refractivity contribution in [2.24, 2.45) is 0 Å². The Bertz CT molecular complexity index is 589. The van der Waals surface area contributed by atoms with Crippen LogP contribution in [0.15, 0.2) is 48.5 Å². The second-order valence-electron chi connectivity index (χ2n) is 6.08. The predicted molar refractivity (Wildman–Crippen MR) is 88.2 cm³/mol. The third-order valence-corrected chi connectivity index (χ3v) is 4.41. The molecule has 0 radical (unpaired) electrons. The van der Waals surface area contributed by atoms with Crippen LogP contribution in [0.2, 0.25) is 0 Å². The van der Waals surface area contributed by atoms with Crippen LogP contribution in [0.3, 0.4) is 0 Å². The number of nitrogens with zero attached hydrogens (tertiary/aromatic N) is 1. The van der Waals surface area contributed by atoms with Gasteiger partial charge in [-0.1, -0.05) is 54.1 Å². The summed E-state index contributed by atoms with van der Waals surface area (Å²) in [6.07, 6.45) is 1.17. The van der Waals surface area contributed by atoms with E-state index in [1.807, 2.05) is 0 Å². The summed E-state index contributed by atoms with van der Waals surface area (Å²) in [5.41, 5.74) is 5.64. The number of nitrogens with one attached hydrogen (secondary N) is 1. The highest BCUT2D eigenvalue weighted by Gasteiger charge is 2.21. The maximum Gasteiger partial charge on any atom is 0.0363 e. The largest absolute Gasteiger partial charge is 0.313 e. The van der Waals surface area contributed by atoms with Gasteiger partial charge in [-0.25, -0.2) is 0 Å². The highest BCUT2D eigenvalue weighted by atomic mass is 15.1. The van der Waals surface area contributed by atoms with Crippen molar-refractivity contribution in [3.8, 4) is 0 Å². The van der Waals surface area contributed by atoms with Crippen molar-refractivity contribution in [1.29, 1.82) is 0 Å². The van der Waals surface area contributed by atoms with Gasteiger partial charge in [-0.15, -0.1) is 0 Å². The maximum atomic E-state index is 3.53. The summed E-state index contributed by atoms with van der Waals surface area (Å²) in [5, 5.41) is 3.53. The molecule has 0 saturated heterocycles. The van der Waals surface area contributed by atoms with Gasteiger partial charge in [0.15, 0.2) is 0 Å². The molecule has 0 amide bonds. The molecule has 0 saturated carbocycles. The quantitative estimate of drug-likeness (QED) is 0.923. The zero-order valence-corrected chi connectivity index (χ0v) is 13.0. The van der Waals surface area contributed by atoms with Gasteiger partial charge in [0, 0.05) is 19.1 Å². The fraction of sp³-hybridized carbons (Fsp3) is 0.368.